The summed E-state index contributed by atoms with van der Waals surface area (Å²) < 4.78 is 69.9. The second-order valence-electron chi connectivity index (χ2n) is 6.09. The number of methoxy groups -OCH3 is 1. The Labute approximate surface area is 179 Å². The molecular formula is C17H15ClF3N3O6S. The van der Waals surface area contributed by atoms with Crippen molar-refractivity contribution in [1.82, 2.24) is 4.31 Å². The van der Waals surface area contributed by atoms with Gasteiger partial charge in [-0.3, -0.25) is 14.9 Å². The first-order valence-corrected chi connectivity index (χ1v) is 10.0. The average Bonchev–Trinajstić information content (AvgIpc) is 2.67. The monoisotopic (exact) mass is 481 g/mol. The third kappa shape index (κ3) is 5.62. The number of sulfonamides is 1. The van der Waals surface area contributed by atoms with Crippen molar-refractivity contribution in [1.29, 1.82) is 0 Å². The number of nitro groups is 1. The Morgan fingerprint density at radius 3 is 2.45 bits per heavy atom. The van der Waals surface area contributed by atoms with Crippen LogP contribution in [0.3, 0.4) is 0 Å². The molecule has 1 amide bonds. The number of nitrogens with zero attached hydrogens (tertiary/aromatic N) is 2. The van der Waals surface area contributed by atoms with Crippen LogP contribution in [-0.2, 0) is 21.0 Å². The fraction of sp³-hybridized carbons (Fsp3) is 0.235. The Morgan fingerprint density at radius 2 is 1.90 bits per heavy atom. The standard InChI is InChI=1S/C17H15ClF3N3O6S/c1-23(31(28,29)15-8-11(24(26)27)4-6-14(15)30-2)9-16(25)22-10-3-5-13(18)12(7-10)17(19,20)21/h3-8H,9H2,1-2H3,(H,22,25). The summed E-state index contributed by atoms with van der Waals surface area (Å²) >= 11 is 5.51. The molecule has 0 aliphatic carbocycles. The number of carbonyl (C=O) groups is 1. The zero-order chi connectivity index (χ0) is 23.6. The van der Waals surface area contributed by atoms with E-state index in [1.165, 1.54) is 0 Å². The van der Waals surface area contributed by atoms with Gasteiger partial charge in [0.05, 0.1) is 29.2 Å². The lowest BCUT2D eigenvalue weighted by molar-refractivity contribution is -0.385. The van der Waals surface area contributed by atoms with E-state index in [1.807, 2.05) is 0 Å². The van der Waals surface area contributed by atoms with E-state index in [4.69, 9.17) is 16.3 Å². The van der Waals surface area contributed by atoms with E-state index in [0.717, 1.165) is 44.5 Å². The Kier molecular flexibility index (Phi) is 7.14. The highest BCUT2D eigenvalue weighted by Crippen LogP contribution is 2.36. The summed E-state index contributed by atoms with van der Waals surface area (Å²) in [4.78, 5) is 21.8. The van der Waals surface area contributed by atoms with Crippen LogP contribution in [0.5, 0.6) is 5.75 Å². The molecule has 0 aliphatic rings. The SMILES string of the molecule is COc1ccc([N+](=O)[O-])cc1S(=O)(=O)N(C)CC(=O)Nc1ccc(Cl)c(C(F)(F)F)c1. The maximum atomic E-state index is 12.9. The molecular weight excluding hydrogens is 467 g/mol. The minimum Gasteiger partial charge on any atom is -0.495 e. The van der Waals surface area contributed by atoms with Crippen molar-refractivity contribution in [3.05, 3.63) is 57.1 Å². The fourth-order valence-electron chi connectivity index (χ4n) is 2.46. The molecule has 0 saturated carbocycles. The van der Waals surface area contributed by atoms with Gasteiger partial charge in [-0.15, -0.1) is 0 Å². The van der Waals surface area contributed by atoms with Gasteiger partial charge >= 0.3 is 6.18 Å². The second kappa shape index (κ2) is 9.08. The third-order valence-electron chi connectivity index (χ3n) is 3.97. The maximum absolute atomic E-state index is 12.9. The molecule has 9 nitrogen and oxygen atoms in total. The second-order valence-corrected chi connectivity index (χ2v) is 8.51. The molecule has 168 valence electrons. The van der Waals surface area contributed by atoms with E-state index >= 15 is 0 Å². The fourth-order valence-corrected chi connectivity index (χ4v) is 3.98. The molecule has 31 heavy (non-hydrogen) atoms. The van der Waals surface area contributed by atoms with Crippen LogP contribution in [0.4, 0.5) is 24.5 Å². The third-order valence-corrected chi connectivity index (χ3v) is 6.12. The molecule has 0 spiro atoms. The first-order chi connectivity index (χ1) is 14.3. The van der Waals surface area contributed by atoms with Crippen LogP contribution in [0.25, 0.3) is 0 Å². The highest BCUT2D eigenvalue weighted by atomic mass is 35.5. The van der Waals surface area contributed by atoms with Crippen LogP contribution >= 0.6 is 11.6 Å². The molecule has 0 heterocycles. The minimum absolute atomic E-state index is 0.189. The van der Waals surface area contributed by atoms with Gasteiger partial charge in [0.15, 0.2) is 0 Å². The highest BCUT2D eigenvalue weighted by molar-refractivity contribution is 7.89. The summed E-state index contributed by atoms with van der Waals surface area (Å²) in [6.07, 6.45) is -4.75. The normalized spacial score (nSPS) is 12.0. The van der Waals surface area contributed by atoms with Gasteiger partial charge in [0.1, 0.15) is 10.6 Å². The summed E-state index contributed by atoms with van der Waals surface area (Å²) in [5, 5.41) is 12.5. The van der Waals surface area contributed by atoms with Gasteiger partial charge in [0, 0.05) is 24.9 Å². The predicted molar refractivity (Wildman–Crippen MR) is 105 cm³/mol. The maximum Gasteiger partial charge on any atom is 0.417 e. The van der Waals surface area contributed by atoms with Gasteiger partial charge in [-0.2, -0.15) is 17.5 Å². The molecule has 0 fully saturated rings. The number of benzene rings is 2. The van der Waals surface area contributed by atoms with Crippen LogP contribution in [0.2, 0.25) is 5.02 Å². The molecule has 0 aliphatic heterocycles. The number of nitrogens with one attached hydrogen (secondary N) is 1. The van der Waals surface area contributed by atoms with Gasteiger partial charge in [0.2, 0.25) is 15.9 Å². The smallest absolute Gasteiger partial charge is 0.417 e. The van der Waals surface area contributed by atoms with Crippen LogP contribution < -0.4 is 10.1 Å². The number of anilines is 1. The van der Waals surface area contributed by atoms with Gasteiger partial charge in [0.25, 0.3) is 5.69 Å². The molecule has 14 heteroatoms. The number of ether oxygens (including phenoxy) is 1. The van der Waals surface area contributed by atoms with E-state index in [-0.39, 0.29) is 11.4 Å². The van der Waals surface area contributed by atoms with Crippen LogP contribution in [0, 0.1) is 10.1 Å². The average molecular weight is 482 g/mol. The summed E-state index contributed by atoms with van der Waals surface area (Å²) in [5.41, 5.74) is -1.94. The number of amides is 1. The molecule has 0 aromatic heterocycles. The number of likely N-dealkylation sites (N-methyl/N-ethyl adjacent to an activating group) is 1. The lowest BCUT2D eigenvalue weighted by atomic mass is 10.2. The highest BCUT2D eigenvalue weighted by Gasteiger charge is 2.34. The molecule has 0 radical (unpaired) electrons. The number of carbonyl (C=O) groups excluding carboxylic acids is 1. The van der Waals surface area contributed by atoms with Crippen molar-refractivity contribution in [2.75, 3.05) is 26.0 Å². The number of hydrogen-bond acceptors (Lipinski definition) is 6. The van der Waals surface area contributed by atoms with E-state index in [9.17, 15) is 36.5 Å². The van der Waals surface area contributed by atoms with Crippen LogP contribution in [-0.4, -0.2) is 44.3 Å². The summed E-state index contributed by atoms with van der Waals surface area (Å²) in [5.74, 6) is -1.14. The van der Waals surface area contributed by atoms with Crippen molar-refractivity contribution in [2.24, 2.45) is 0 Å². The molecule has 2 aromatic carbocycles. The molecule has 2 rings (SSSR count). The summed E-state index contributed by atoms with van der Waals surface area (Å²) in [6.45, 7) is -0.793. The van der Waals surface area contributed by atoms with Crippen molar-refractivity contribution in [2.45, 2.75) is 11.1 Å². The first-order valence-electron chi connectivity index (χ1n) is 8.22. The first kappa shape index (κ1) is 24.4. The number of rotatable bonds is 7. The Hall–Kier alpha value is -2.90. The lowest BCUT2D eigenvalue weighted by Gasteiger charge is -2.18. The topological polar surface area (TPSA) is 119 Å². The van der Waals surface area contributed by atoms with Crippen LogP contribution in [0.1, 0.15) is 5.56 Å². The van der Waals surface area contributed by atoms with Crippen molar-refractivity contribution in [3.8, 4) is 5.75 Å². The minimum atomic E-state index is -4.75. The molecule has 0 atom stereocenters. The van der Waals surface area contributed by atoms with Gasteiger partial charge in [-0.25, -0.2) is 8.42 Å². The van der Waals surface area contributed by atoms with E-state index in [0.29, 0.717) is 10.4 Å². The Balaban J connectivity index is 2.25. The summed E-state index contributed by atoms with van der Waals surface area (Å²) in [7, 11) is -2.24. The van der Waals surface area contributed by atoms with E-state index < -0.39 is 54.7 Å². The van der Waals surface area contributed by atoms with Crippen molar-refractivity contribution in [3.63, 3.8) is 0 Å². The quantitative estimate of drug-likeness (QED) is 0.477. The van der Waals surface area contributed by atoms with E-state index in [2.05, 4.69) is 5.32 Å². The summed E-state index contributed by atoms with van der Waals surface area (Å²) in [6, 6.07) is 5.58. The van der Waals surface area contributed by atoms with Gasteiger partial charge < -0.3 is 10.1 Å². The predicted octanol–water partition coefficient (Wildman–Crippen LogP) is 3.53. The Morgan fingerprint density at radius 1 is 1.26 bits per heavy atom. The van der Waals surface area contributed by atoms with Crippen LogP contribution in [0.15, 0.2) is 41.3 Å². The van der Waals surface area contributed by atoms with Gasteiger partial charge in [-0.1, -0.05) is 11.6 Å². The largest absolute Gasteiger partial charge is 0.495 e. The molecule has 0 unspecified atom stereocenters. The molecule has 0 saturated heterocycles. The van der Waals surface area contributed by atoms with Crippen molar-refractivity contribution >= 4 is 38.9 Å². The number of non-ortho nitro benzene ring substituents is 1. The number of halogens is 4. The number of alkyl halides is 3. The zero-order valence-corrected chi connectivity index (χ0v) is 17.5. The molecule has 1 N–H and O–H groups in total. The zero-order valence-electron chi connectivity index (χ0n) is 15.9. The van der Waals surface area contributed by atoms with E-state index in [1.54, 1.807) is 0 Å². The molecule has 2 aromatic rings. The number of hydrogen-bond donors (Lipinski definition) is 1. The number of nitro benzene ring substituents is 1. The van der Waals surface area contributed by atoms with Crippen molar-refractivity contribution < 1.29 is 36.0 Å². The van der Waals surface area contributed by atoms with Gasteiger partial charge in [-0.05, 0) is 24.3 Å². The lowest BCUT2D eigenvalue weighted by Crippen LogP contribution is -2.35. The Bertz CT molecular complexity index is 1120. The molecule has 0 bridgehead atoms.